The first kappa shape index (κ1) is 18.2. The third-order valence-electron chi connectivity index (χ3n) is 2.18. The molecule has 0 fully saturated rings. The fraction of sp³-hybridized carbons (Fsp3) is 0.231. The normalized spacial score (nSPS) is 10.2. The Hall–Kier alpha value is -1.77. The third-order valence-corrected chi connectivity index (χ3v) is 2.18. The van der Waals surface area contributed by atoms with E-state index in [0.717, 1.165) is 5.69 Å². The Morgan fingerprint density at radius 1 is 1.55 bits per heavy atom. The molecule has 4 N–H and O–H groups in total. The summed E-state index contributed by atoms with van der Waals surface area (Å²) < 4.78 is 5.08. The van der Waals surface area contributed by atoms with Gasteiger partial charge in [-0.05, 0) is 12.1 Å². The first-order chi connectivity index (χ1) is 9.15. The topological polar surface area (TPSA) is 88.7 Å². The minimum atomic E-state index is -0.213. The van der Waals surface area contributed by atoms with Crippen LogP contribution in [0.1, 0.15) is 0 Å². The molecule has 0 aliphatic carbocycles. The van der Waals surface area contributed by atoms with Crippen LogP contribution in [0.2, 0.25) is 0 Å². The average molecular weight is 390 g/mol. The highest BCUT2D eigenvalue weighted by atomic mass is 127. The number of carbonyl (C=O) groups is 1. The second-order valence-corrected chi connectivity index (χ2v) is 3.65. The lowest BCUT2D eigenvalue weighted by atomic mass is 10.3. The zero-order valence-electron chi connectivity index (χ0n) is 11.3. The SMILES string of the molecule is C=CCNC(=O)CN=C(N)Nc1cccc(OC)c1.I. The van der Waals surface area contributed by atoms with E-state index in [1.807, 2.05) is 18.2 Å². The van der Waals surface area contributed by atoms with Gasteiger partial charge in [-0.3, -0.25) is 4.79 Å². The molecule has 0 aliphatic rings. The summed E-state index contributed by atoms with van der Waals surface area (Å²) in [5.74, 6) is 0.666. The number of ether oxygens (including phenoxy) is 1. The summed E-state index contributed by atoms with van der Waals surface area (Å²) >= 11 is 0. The van der Waals surface area contributed by atoms with Crippen molar-refractivity contribution < 1.29 is 9.53 Å². The molecular weight excluding hydrogens is 371 g/mol. The molecule has 0 aromatic heterocycles. The number of guanidine groups is 1. The number of nitrogens with two attached hydrogens (primary N) is 1. The first-order valence-electron chi connectivity index (χ1n) is 5.74. The van der Waals surface area contributed by atoms with Crippen LogP contribution in [-0.4, -0.2) is 32.1 Å². The monoisotopic (exact) mass is 390 g/mol. The van der Waals surface area contributed by atoms with Gasteiger partial charge in [0.1, 0.15) is 12.3 Å². The molecule has 1 aromatic carbocycles. The average Bonchev–Trinajstić information content (AvgIpc) is 2.43. The molecule has 20 heavy (non-hydrogen) atoms. The lowest BCUT2D eigenvalue weighted by Crippen LogP contribution is -2.29. The molecule has 0 heterocycles. The van der Waals surface area contributed by atoms with Crippen molar-refractivity contribution in [1.82, 2.24) is 5.32 Å². The molecule has 0 atom stereocenters. The molecule has 7 heteroatoms. The number of halogens is 1. The van der Waals surface area contributed by atoms with Crippen molar-refractivity contribution in [2.24, 2.45) is 10.7 Å². The van der Waals surface area contributed by atoms with Crippen LogP contribution in [0.3, 0.4) is 0 Å². The van der Waals surface area contributed by atoms with E-state index < -0.39 is 0 Å². The number of aliphatic imine (C=N–C) groups is 1. The fourth-order valence-electron chi connectivity index (χ4n) is 1.29. The highest BCUT2D eigenvalue weighted by molar-refractivity contribution is 14.0. The quantitative estimate of drug-likeness (QED) is 0.296. The number of carbonyl (C=O) groups excluding carboxylic acids is 1. The zero-order chi connectivity index (χ0) is 14.1. The van der Waals surface area contributed by atoms with E-state index in [-0.39, 0.29) is 42.4 Å². The van der Waals surface area contributed by atoms with E-state index in [0.29, 0.717) is 12.3 Å². The Balaban J connectivity index is 0.00000361. The van der Waals surface area contributed by atoms with Gasteiger partial charge in [-0.15, -0.1) is 30.6 Å². The van der Waals surface area contributed by atoms with E-state index in [2.05, 4.69) is 22.2 Å². The third kappa shape index (κ3) is 6.98. The van der Waals surface area contributed by atoms with Crippen LogP contribution in [0.4, 0.5) is 5.69 Å². The lowest BCUT2D eigenvalue weighted by molar-refractivity contribution is -0.119. The summed E-state index contributed by atoms with van der Waals surface area (Å²) in [6.45, 7) is 3.88. The number of nitrogens with zero attached hydrogens (tertiary/aromatic N) is 1. The van der Waals surface area contributed by atoms with Crippen molar-refractivity contribution in [3.8, 4) is 5.75 Å². The number of amides is 1. The van der Waals surface area contributed by atoms with E-state index in [9.17, 15) is 4.79 Å². The maximum absolute atomic E-state index is 11.3. The number of nitrogens with one attached hydrogen (secondary N) is 2. The number of methoxy groups -OCH3 is 1. The Kier molecular flexibility index (Phi) is 9.18. The van der Waals surface area contributed by atoms with Gasteiger partial charge in [-0.1, -0.05) is 12.1 Å². The second kappa shape index (κ2) is 10.1. The standard InChI is InChI=1S/C13H18N4O2.HI/c1-3-7-15-12(18)9-16-13(14)17-10-5-4-6-11(8-10)19-2;/h3-6,8H,1,7,9H2,2H3,(H,15,18)(H3,14,16,17);1H. The molecule has 1 rings (SSSR count). The second-order valence-electron chi connectivity index (χ2n) is 3.65. The van der Waals surface area contributed by atoms with Crippen molar-refractivity contribution in [3.05, 3.63) is 36.9 Å². The van der Waals surface area contributed by atoms with Crippen LogP contribution < -0.4 is 21.1 Å². The van der Waals surface area contributed by atoms with Gasteiger partial charge in [0.2, 0.25) is 5.91 Å². The van der Waals surface area contributed by atoms with Gasteiger partial charge >= 0.3 is 0 Å². The van der Waals surface area contributed by atoms with Crippen LogP contribution in [0, 0.1) is 0 Å². The van der Waals surface area contributed by atoms with E-state index in [1.54, 1.807) is 19.3 Å². The smallest absolute Gasteiger partial charge is 0.242 e. The summed E-state index contributed by atoms with van der Waals surface area (Å²) in [6, 6.07) is 7.25. The van der Waals surface area contributed by atoms with Crippen LogP contribution in [-0.2, 0) is 4.79 Å². The molecule has 0 spiro atoms. The molecule has 6 nitrogen and oxygen atoms in total. The van der Waals surface area contributed by atoms with Crippen molar-refractivity contribution in [2.75, 3.05) is 25.5 Å². The van der Waals surface area contributed by atoms with Crippen molar-refractivity contribution in [2.45, 2.75) is 0 Å². The number of anilines is 1. The van der Waals surface area contributed by atoms with Gasteiger partial charge in [0.15, 0.2) is 5.96 Å². The van der Waals surface area contributed by atoms with Gasteiger partial charge in [-0.25, -0.2) is 4.99 Å². The Morgan fingerprint density at radius 2 is 2.30 bits per heavy atom. The Morgan fingerprint density at radius 3 is 2.95 bits per heavy atom. The van der Waals surface area contributed by atoms with Crippen molar-refractivity contribution in [3.63, 3.8) is 0 Å². The summed E-state index contributed by atoms with van der Waals surface area (Å²) in [7, 11) is 1.58. The van der Waals surface area contributed by atoms with Gasteiger partial charge < -0.3 is 21.1 Å². The molecule has 1 aromatic rings. The molecule has 0 radical (unpaired) electrons. The van der Waals surface area contributed by atoms with Gasteiger partial charge in [0.25, 0.3) is 0 Å². The Labute approximate surface area is 135 Å². The summed E-state index contributed by atoms with van der Waals surface area (Å²) in [4.78, 5) is 15.2. The highest BCUT2D eigenvalue weighted by Crippen LogP contribution is 2.16. The van der Waals surface area contributed by atoms with E-state index >= 15 is 0 Å². The van der Waals surface area contributed by atoms with Crippen molar-refractivity contribution >= 4 is 41.5 Å². The maximum Gasteiger partial charge on any atom is 0.242 e. The van der Waals surface area contributed by atoms with Crippen LogP contribution in [0.25, 0.3) is 0 Å². The molecule has 1 amide bonds. The van der Waals surface area contributed by atoms with E-state index in [4.69, 9.17) is 10.5 Å². The van der Waals surface area contributed by atoms with Gasteiger partial charge in [-0.2, -0.15) is 0 Å². The lowest BCUT2D eigenvalue weighted by Gasteiger charge is -2.07. The van der Waals surface area contributed by atoms with Crippen LogP contribution >= 0.6 is 24.0 Å². The summed E-state index contributed by atoms with van der Waals surface area (Å²) in [5.41, 5.74) is 6.41. The largest absolute Gasteiger partial charge is 0.497 e. The maximum atomic E-state index is 11.3. The first-order valence-corrected chi connectivity index (χ1v) is 5.74. The molecule has 0 unspecified atom stereocenters. The molecular formula is C13H19IN4O2. The molecule has 110 valence electrons. The minimum Gasteiger partial charge on any atom is -0.497 e. The van der Waals surface area contributed by atoms with Crippen LogP contribution in [0.5, 0.6) is 5.75 Å². The predicted octanol–water partition coefficient (Wildman–Crippen LogP) is 1.34. The number of hydrogen-bond donors (Lipinski definition) is 3. The molecule has 0 saturated carbocycles. The molecule has 0 saturated heterocycles. The number of hydrogen-bond acceptors (Lipinski definition) is 3. The summed E-state index contributed by atoms with van der Waals surface area (Å²) in [5, 5.41) is 5.48. The number of benzene rings is 1. The fourth-order valence-corrected chi connectivity index (χ4v) is 1.29. The minimum absolute atomic E-state index is 0. The van der Waals surface area contributed by atoms with Crippen molar-refractivity contribution in [1.29, 1.82) is 0 Å². The van der Waals surface area contributed by atoms with Crippen LogP contribution in [0.15, 0.2) is 41.9 Å². The van der Waals surface area contributed by atoms with Gasteiger partial charge in [0.05, 0.1) is 7.11 Å². The molecule has 0 bridgehead atoms. The van der Waals surface area contributed by atoms with Gasteiger partial charge in [0, 0.05) is 18.3 Å². The number of rotatable bonds is 6. The summed E-state index contributed by atoms with van der Waals surface area (Å²) in [6.07, 6.45) is 1.60. The van der Waals surface area contributed by atoms with E-state index in [1.165, 1.54) is 0 Å². The predicted molar refractivity (Wildman–Crippen MR) is 91.7 cm³/mol. The Bertz CT molecular complexity index is 477. The highest BCUT2D eigenvalue weighted by Gasteiger charge is 2.00. The zero-order valence-corrected chi connectivity index (χ0v) is 13.6. The molecule has 0 aliphatic heterocycles.